The molecule has 2 aromatic carbocycles. The number of methoxy groups -OCH3 is 1. The molecule has 0 aliphatic heterocycles. The molecule has 1 amide bonds. The largest absolute Gasteiger partial charge is 0.495 e. The van der Waals surface area contributed by atoms with Crippen LogP contribution in [0.2, 0.25) is 5.02 Å². The van der Waals surface area contributed by atoms with Crippen molar-refractivity contribution in [3.8, 4) is 5.75 Å². The molecule has 1 N–H and O–H groups in total. The van der Waals surface area contributed by atoms with Crippen molar-refractivity contribution in [2.24, 2.45) is 0 Å². The van der Waals surface area contributed by atoms with Gasteiger partial charge in [-0.3, -0.25) is 9.10 Å². The van der Waals surface area contributed by atoms with E-state index in [0.717, 1.165) is 15.5 Å². The topological polar surface area (TPSA) is 75.7 Å². The van der Waals surface area contributed by atoms with Gasteiger partial charge >= 0.3 is 0 Å². The Morgan fingerprint density at radius 2 is 1.93 bits per heavy atom. The fraction of sp³-hybridized carbons (Fsp3) is 0.278. The third kappa shape index (κ3) is 5.09. The zero-order chi connectivity index (χ0) is 20.2. The van der Waals surface area contributed by atoms with Gasteiger partial charge in [-0.05, 0) is 43.5 Å². The number of halogens is 1. The van der Waals surface area contributed by atoms with Gasteiger partial charge in [-0.1, -0.05) is 23.7 Å². The van der Waals surface area contributed by atoms with Crippen molar-refractivity contribution in [2.45, 2.75) is 17.9 Å². The van der Waals surface area contributed by atoms with Crippen molar-refractivity contribution in [2.75, 3.05) is 29.2 Å². The number of rotatable bonds is 7. The summed E-state index contributed by atoms with van der Waals surface area (Å²) in [7, 11) is -2.37. The number of amides is 1. The highest BCUT2D eigenvalue weighted by molar-refractivity contribution is 7.98. The Bertz CT molecular complexity index is 935. The van der Waals surface area contributed by atoms with E-state index in [1.54, 1.807) is 24.3 Å². The predicted molar refractivity (Wildman–Crippen MR) is 112 cm³/mol. The number of nitrogens with zero attached hydrogens (tertiary/aromatic N) is 1. The number of nitrogens with one attached hydrogen (secondary N) is 1. The Balaban J connectivity index is 2.43. The quantitative estimate of drug-likeness (QED) is 0.677. The lowest BCUT2D eigenvalue weighted by atomic mass is 10.2. The second kappa shape index (κ2) is 8.86. The number of thioether (sulfide) groups is 1. The highest BCUT2D eigenvalue weighted by Gasteiger charge is 2.31. The third-order valence-corrected chi connectivity index (χ3v) is 6.09. The van der Waals surface area contributed by atoms with Crippen molar-refractivity contribution in [1.82, 2.24) is 0 Å². The molecular formula is C18H21ClN2O4S2. The molecule has 2 rings (SSSR count). The lowest BCUT2D eigenvalue weighted by Gasteiger charge is -2.29. The maximum Gasteiger partial charge on any atom is 0.248 e. The van der Waals surface area contributed by atoms with Crippen LogP contribution < -0.4 is 14.4 Å². The molecule has 0 bridgehead atoms. The van der Waals surface area contributed by atoms with Crippen LogP contribution >= 0.6 is 23.4 Å². The predicted octanol–water partition coefficient (Wildman–Crippen LogP) is 3.86. The summed E-state index contributed by atoms with van der Waals surface area (Å²) in [6.45, 7) is 1.51. The molecule has 0 fully saturated rings. The summed E-state index contributed by atoms with van der Waals surface area (Å²) < 4.78 is 31.2. The molecule has 0 saturated heterocycles. The van der Waals surface area contributed by atoms with Gasteiger partial charge in [0.15, 0.2) is 0 Å². The van der Waals surface area contributed by atoms with Crippen LogP contribution in [0.1, 0.15) is 6.92 Å². The number of carbonyl (C=O) groups is 1. The van der Waals surface area contributed by atoms with Crippen LogP contribution in [0.25, 0.3) is 0 Å². The van der Waals surface area contributed by atoms with Crippen molar-refractivity contribution in [3.05, 3.63) is 47.5 Å². The molecule has 0 saturated carbocycles. The van der Waals surface area contributed by atoms with Gasteiger partial charge in [0.1, 0.15) is 11.8 Å². The minimum atomic E-state index is -3.79. The van der Waals surface area contributed by atoms with Crippen molar-refractivity contribution < 1.29 is 17.9 Å². The number of hydrogen-bond acceptors (Lipinski definition) is 5. The van der Waals surface area contributed by atoms with Gasteiger partial charge in [0.25, 0.3) is 0 Å². The number of benzene rings is 2. The number of ether oxygens (including phenoxy) is 1. The van der Waals surface area contributed by atoms with E-state index in [2.05, 4.69) is 5.32 Å². The Kier molecular flexibility index (Phi) is 7.02. The van der Waals surface area contributed by atoms with E-state index in [-0.39, 0.29) is 5.69 Å². The molecule has 0 radical (unpaired) electrons. The van der Waals surface area contributed by atoms with Crippen LogP contribution in [0, 0.1) is 0 Å². The Morgan fingerprint density at radius 3 is 2.52 bits per heavy atom. The molecule has 0 aromatic heterocycles. The maximum atomic E-state index is 12.8. The highest BCUT2D eigenvalue weighted by atomic mass is 35.5. The summed E-state index contributed by atoms with van der Waals surface area (Å²) >= 11 is 7.52. The molecule has 1 atom stereocenters. The van der Waals surface area contributed by atoms with Crippen LogP contribution in [-0.2, 0) is 14.8 Å². The smallest absolute Gasteiger partial charge is 0.248 e. The number of hydrogen-bond donors (Lipinski definition) is 1. The van der Waals surface area contributed by atoms with Crippen LogP contribution in [-0.4, -0.2) is 40.0 Å². The number of carbonyl (C=O) groups excluding carboxylic acids is 1. The van der Waals surface area contributed by atoms with E-state index < -0.39 is 22.0 Å². The van der Waals surface area contributed by atoms with Gasteiger partial charge in [0.05, 0.1) is 24.7 Å². The summed E-state index contributed by atoms with van der Waals surface area (Å²) in [4.78, 5) is 13.7. The minimum Gasteiger partial charge on any atom is -0.495 e. The molecule has 146 valence electrons. The summed E-state index contributed by atoms with van der Waals surface area (Å²) in [5.74, 6) is -0.169. The summed E-state index contributed by atoms with van der Waals surface area (Å²) in [5, 5.41) is 3.13. The zero-order valence-electron chi connectivity index (χ0n) is 15.4. The van der Waals surface area contributed by atoms with Crippen molar-refractivity contribution >= 4 is 50.7 Å². The van der Waals surface area contributed by atoms with Crippen molar-refractivity contribution in [1.29, 1.82) is 0 Å². The van der Waals surface area contributed by atoms with Crippen LogP contribution in [0.4, 0.5) is 11.4 Å². The molecule has 6 nitrogen and oxygen atoms in total. The fourth-order valence-electron chi connectivity index (χ4n) is 2.60. The molecule has 0 heterocycles. The Hall–Kier alpha value is -1.90. The van der Waals surface area contributed by atoms with E-state index in [4.69, 9.17) is 16.3 Å². The van der Waals surface area contributed by atoms with E-state index in [1.165, 1.54) is 31.9 Å². The lowest BCUT2D eigenvalue weighted by Crippen LogP contribution is -2.45. The molecule has 0 spiro atoms. The first-order valence-corrected chi connectivity index (χ1v) is 11.4. The summed E-state index contributed by atoms with van der Waals surface area (Å²) in [6.07, 6.45) is 2.93. The fourth-order valence-corrected chi connectivity index (χ4v) is 4.49. The van der Waals surface area contributed by atoms with Gasteiger partial charge < -0.3 is 10.1 Å². The van der Waals surface area contributed by atoms with Gasteiger partial charge in [-0.25, -0.2) is 8.42 Å². The van der Waals surface area contributed by atoms with E-state index in [1.807, 2.05) is 18.4 Å². The summed E-state index contributed by atoms with van der Waals surface area (Å²) in [6, 6.07) is 10.9. The average molecular weight is 429 g/mol. The second-order valence-electron chi connectivity index (χ2n) is 5.74. The summed E-state index contributed by atoms with van der Waals surface area (Å²) in [5.41, 5.74) is 0.821. The number of sulfonamides is 1. The third-order valence-electron chi connectivity index (χ3n) is 3.83. The van der Waals surface area contributed by atoms with Crippen LogP contribution in [0.15, 0.2) is 47.4 Å². The van der Waals surface area contributed by atoms with Gasteiger partial charge in [0.2, 0.25) is 15.9 Å². The van der Waals surface area contributed by atoms with Gasteiger partial charge in [-0.2, -0.15) is 0 Å². The molecule has 2 aromatic rings. The SMILES string of the molecule is COc1ccc(Cl)cc1N(C(C)C(=O)Nc1ccccc1SC)S(C)(=O)=O. The first kappa shape index (κ1) is 21.4. The van der Waals surface area contributed by atoms with Crippen LogP contribution in [0.5, 0.6) is 5.75 Å². The molecule has 0 aliphatic rings. The Labute approximate surface area is 168 Å². The van der Waals surface area contributed by atoms with Crippen molar-refractivity contribution in [3.63, 3.8) is 0 Å². The zero-order valence-corrected chi connectivity index (χ0v) is 17.8. The average Bonchev–Trinajstić information content (AvgIpc) is 2.61. The number of para-hydroxylation sites is 1. The number of anilines is 2. The van der Waals surface area contributed by atoms with E-state index >= 15 is 0 Å². The maximum absolute atomic E-state index is 12.8. The Morgan fingerprint density at radius 1 is 1.26 bits per heavy atom. The first-order valence-electron chi connectivity index (χ1n) is 7.96. The van der Waals surface area contributed by atoms with Gasteiger partial charge in [0, 0.05) is 9.92 Å². The molecule has 1 unspecified atom stereocenters. The van der Waals surface area contributed by atoms with Gasteiger partial charge in [-0.15, -0.1) is 11.8 Å². The monoisotopic (exact) mass is 428 g/mol. The molecule has 9 heteroatoms. The standard InChI is InChI=1S/C18H21ClN2O4S2/c1-12(18(22)20-14-7-5-6-8-17(14)26-3)21(27(4,23)24)15-11-13(19)9-10-16(15)25-2/h5-12H,1-4H3,(H,20,22). The molecule has 0 aliphatic carbocycles. The highest BCUT2D eigenvalue weighted by Crippen LogP contribution is 2.34. The minimum absolute atomic E-state index is 0.202. The van der Waals surface area contributed by atoms with Crippen LogP contribution in [0.3, 0.4) is 0 Å². The molecular weight excluding hydrogens is 408 g/mol. The van der Waals surface area contributed by atoms with E-state index in [9.17, 15) is 13.2 Å². The lowest BCUT2D eigenvalue weighted by molar-refractivity contribution is -0.116. The second-order valence-corrected chi connectivity index (χ2v) is 8.88. The molecule has 27 heavy (non-hydrogen) atoms. The van der Waals surface area contributed by atoms with E-state index in [0.29, 0.717) is 16.5 Å². The normalized spacial score (nSPS) is 12.3. The first-order chi connectivity index (χ1) is 12.7.